The molecule has 146 valence electrons. The molecule has 0 aromatic heterocycles. The summed E-state index contributed by atoms with van der Waals surface area (Å²) >= 11 is 0. The number of likely N-dealkylation sites (N-methyl/N-ethyl adjacent to an activating group) is 1. The Balaban J connectivity index is 2.09. The molecule has 0 saturated heterocycles. The second-order valence-corrected chi connectivity index (χ2v) is 6.71. The zero-order valence-electron chi connectivity index (χ0n) is 16.9. The third-order valence-electron chi connectivity index (χ3n) is 4.82. The number of hydrogen-bond acceptors (Lipinski definition) is 3. The van der Waals surface area contributed by atoms with E-state index in [1.165, 1.54) is 24.0 Å². The zero-order chi connectivity index (χ0) is 19.5. The third kappa shape index (κ3) is 6.76. The molecule has 3 heteroatoms. The van der Waals surface area contributed by atoms with Gasteiger partial charge in [-0.1, -0.05) is 64.0 Å². The molecule has 0 unspecified atom stereocenters. The van der Waals surface area contributed by atoms with Crippen LogP contribution in [0.4, 0.5) is 0 Å². The summed E-state index contributed by atoms with van der Waals surface area (Å²) in [6, 6.07) is 15.8. The van der Waals surface area contributed by atoms with Crippen LogP contribution in [0.15, 0.2) is 54.6 Å². The predicted octanol–water partition coefficient (Wildman–Crippen LogP) is 5.73. The van der Waals surface area contributed by atoms with Gasteiger partial charge in [0, 0.05) is 6.54 Å². The zero-order valence-corrected chi connectivity index (χ0v) is 16.9. The number of ether oxygens (including phenoxy) is 1. The molecule has 27 heavy (non-hydrogen) atoms. The molecule has 3 nitrogen and oxygen atoms in total. The van der Waals surface area contributed by atoms with Gasteiger partial charge in [0.15, 0.2) is 0 Å². The van der Waals surface area contributed by atoms with Crippen molar-refractivity contribution in [2.45, 2.75) is 40.0 Å². The third-order valence-corrected chi connectivity index (χ3v) is 4.82. The van der Waals surface area contributed by atoms with Gasteiger partial charge in [0.1, 0.15) is 18.1 Å². The van der Waals surface area contributed by atoms with E-state index in [9.17, 15) is 5.11 Å². The summed E-state index contributed by atoms with van der Waals surface area (Å²) < 4.78 is 5.90. The van der Waals surface area contributed by atoms with Crippen LogP contribution >= 0.6 is 0 Å². The number of unbranched alkanes of at least 4 members (excludes halogenated alkanes) is 2. The van der Waals surface area contributed by atoms with E-state index in [1.54, 1.807) is 12.1 Å². The van der Waals surface area contributed by atoms with E-state index in [0.29, 0.717) is 12.4 Å². The SMILES string of the molecule is CCCC/C=C(/c1ccc(O)cc1)c1ccc(OCCN(CC)CC)cc1. The van der Waals surface area contributed by atoms with Crippen molar-refractivity contribution in [3.05, 3.63) is 65.7 Å². The van der Waals surface area contributed by atoms with Crippen LogP contribution in [0.25, 0.3) is 5.57 Å². The maximum atomic E-state index is 9.58. The molecule has 0 atom stereocenters. The molecule has 0 saturated carbocycles. The fourth-order valence-electron chi connectivity index (χ4n) is 3.06. The minimum absolute atomic E-state index is 0.295. The van der Waals surface area contributed by atoms with Gasteiger partial charge in [-0.3, -0.25) is 0 Å². The van der Waals surface area contributed by atoms with Crippen LogP contribution in [-0.4, -0.2) is 36.2 Å². The molecule has 0 aliphatic carbocycles. The van der Waals surface area contributed by atoms with Crippen molar-refractivity contribution >= 4 is 5.57 Å². The van der Waals surface area contributed by atoms with Crippen molar-refractivity contribution in [1.82, 2.24) is 4.90 Å². The van der Waals surface area contributed by atoms with E-state index in [2.05, 4.69) is 43.9 Å². The Morgan fingerprint density at radius 1 is 0.926 bits per heavy atom. The van der Waals surface area contributed by atoms with E-state index < -0.39 is 0 Å². The van der Waals surface area contributed by atoms with Gasteiger partial charge in [0.05, 0.1) is 0 Å². The summed E-state index contributed by atoms with van der Waals surface area (Å²) in [6.45, 7) is 10.3. The maximum absolute atomic E-state index is 9.58. The molecule has 0 radical (unpaired) electrons. The molecule has 2 aromatic carbocycles. The second-order valence-electron chi connectivity index (χ2n) is 6.71. The summed E-state index contributed by atoms with van der Waals surface area (Å²) in [7, 11) is 0. The van der Waals surface area contributed by atoms with Crippen molar-refractivity contribution in [3.63, 3.8) is 0 Å². The number of phenols is 1. The van der Waals surface area contributed by atoms with E-state index in [4.69, 9.17) is 4.74 Å². The van der Waals surface area contributed by atoms with Gasteiger partial charge in [-0.25, -0.2) is 0 Å². The first-order valence-corrected chi connectivity index (χ1v) is 10.1. The Bertz CT molecular complexity index is 685. The van der Waals surface area contributed by atoms with Crippen molar-refractivity contribution in [2.24, 2.45) is 0 Å². The van der Waals surface area contributed by atoms with Crippen LogP contribution in [0.3, 0.4) is 0 Å². The lowest BCUT2D eigenvalue weighted by Gasteiger charge is -2.18. The Hall–Kier alpha value is -2.26. The highest BCUT2D eigenvalue weighted by Gasteiger charge is 2.06. The lowest BCUT2D eigenvalue weighted by molar-refractivity contribution is 0.223. The van der Waals surface area contributed by atoms with E-state index in [0.717, 1.165) is 37.4 Å². The number of aromatic hydroxyl groups is 1. The Labute approximate surface area is 164 Å². The van der Waals surface area contributed by atoms with Crippen molar-refractivity contribution in [3.8, 4) is 11.5 Å². The lowest BCUT2D eigenvalue weighted by Crippen LogP contribution is -2.27. The molecule has 1 N–H and O–H groups in total. The quantitative estimate of drug-likeness (QED) is 0.514. The maximum Gasteiger partial charge on any atom is 0.119 e. The van der Waals surface area contributed by atoms with E-state index in [1.807, 2.05) is 24.3 Å². The normalized spacial score (nSPS) is 11.8. The fraction of sp³-hybridized carbons (Fsp3) is 0.417. The number of benzene rings is 2. The topological polar surface area (TPSA) is 32.7 Å². The molecule has 0 aliphatic heterocycles. The van der Waals surface area contributed by atoms with Crippen LogP contribution in [-0.2, 0) is 0 Å². The Morgan fingerprint density at radius 2 is 1.52 bits per heavy atom. The molecular weight excluding hydrogens is 334 g/mol. The van der Waals surface area contributed by atoms with Crippen molar-refractivity contribution in [2.75, 3.05) is 26.2 Å². The molecule has 0 fully saturated rings. The van der Waals surface area contributed by atoms with E-state index in [-0.39, 0.29) is 0 Å². The largest absolute Gasteiger partial charge is 0.508 e. The van der Waals surface area contributed by atoms with Crippen molar-refractivity contribution in [1.29, 1.82) is 0 Å². The number of nitrogens with zero attached hydrogens (tertiary/aromatic N) is 1. The van der Waals surface area contributed by atoms with Gasteiger partial charge in [-0.05, 0) is 60.5 Å². The first kappa shape index (κ1) is 21.0. The summed E-state index contributed by atoms with van der Waals surface area (Å²) in [6.07, 6.45) is 5.70. The number of hydrogen-bond donors (Lipinski definition) is 1. The molecule has 2 rings (SSSR count). The molecule has 0 bridgehead atoms. The molecule has 0 amide bonds. The van der Waals surface area contributed by atoms with Crippen LogP contribution in [0.2, 0.25) is 0 Å². The predicted molar refractivity (Wildman–Crippen MR) is 114 cm³/mol. The monoisotopic (exact) mass is 367 g/mol. The van der Waals surface area contributed by atoms with Crippen LogP contribution in [0.1, 0.15) is 51.2 Å². The average Bonchev–Trinajstić information content (AvgIpc) is 2.70. The minimum atomic E-state index is 0.295. The highest BCUT2D eigenvalue weighted by molar-refractivity contribution is 5.80. The van der Waals surface area contributed by atoms with Crippen LogP contribution < -0.4 is 4.74 Å². The standard InChI is InChI=1S/C24H33NO2/c1-4-7-8-9-24(20-10-14-22(26)15-11-20)21-12-16-23(17-13-21)27-19-18-25(5-2)6-3/h9-17,26H,4-8,18-19H2,1-3H3/b24-9-. The van der Waals surface area contributed by atoms with Gasteiger partial charge in [-0.15, -0.1) is 0 Å². The Kier molecular flexibility index (Phi) is 8.93. The summed E-state index contributed by atoms with van der Waals surface area (Å²) in [5, 5.41) is 9.58. The second kappa shape index (κ2) is 11.5. The summed E-state index contributed by atoms with van der Waals surface area (Å²) in [5.41, 5.74) is 3.50. The van der Waals surface area contributed by atoms with E-state index >= 15 is 0 Å². The number of phenolic OH excluding ortho intramolecular Hbond substituents is 1. The fourth-order valence-corrected chi connectivity index (χ4v) is 3.06. The smallest absolute Gasteiger partial charge is 0.119 e. The molecule has 0 aliphatic rings. The van der Waals surface area contributed by atoms with Gasteiger partial charge >= 0.3 is 0 Å². The van der Waals surface area contributed by atoms with Crippen LogP contribution in [0.5, 0.6) is 11.5 Å². The number of allylic oxidation sites excluding steroid dienone is 1. The highest BCUT2D eigenvalue weighted by atomic mass is 16.5. The summed E-state index contributed by atoms with van der Waals surface area (Å²) in [4.78, 5) is 2.35. The van der Waals surface area contributed by atoms with Crippen molar-refractivity contribution < 1.29 is 9.84 Å². The number of rotatable bonds is 11. The molecular formula is C24H33NO2. The summed E-state index contributed by atoms with van der Waals surface area (Å²) in [5.74, 6) is 1.20. The van der Waals surface area contributed by atoms with Crippen LogP contribution in [0, 0.1) is 0 Å². The average molecular weight is 368 g/mol. The minimum Gasteiger partial charge on any atom is -0.508 e. The van der Waals surface area contributed by atoms with Gasteiger partial charge in [0.25, 0.3) is 0 Å². The van der Waals surface area contributed by atoms with Gasteiger partial charge in [-0.2, -0.15) is 0 Å². The molecule has 0 spiro atoms. The van der Waals surface area contributed by atoms with Gasteiger partial charge < -0.3 is 14.7 Å². The highest BCUT2D eigenvalue weighted by Crippen LogP contribution is 2.27. The molecule has 0 heterocycles. The van der Waals surface area contributed by atoms with Gasteiger partial charge in [0.2, 0.25) is 0 Å². The lowest BCUT2D eigenvalue weighted by atomic mass is 9.96. The molecule has 2 aromatic rings. The Morgan fingerprint density at radius 3 is 2.07 bits per heavy atom. The first-order chi connectivity index (χ1) is 13.2. The first-order valence-electron chi connectivity index (χ1n) is 10.1.